The van der Waals surface area contributed by atoms with Gasteiger partial charge in [-0.1, -0.05) is 17.7 Å². The van der Waals surface area contributed by atoms with Gasteiger partial charge < -0.3 is 14.4 Å². The van der Waals surface area contributed by atoms with Crippen molar-refractivity contribution >= 4 is 52.1 Å². The van der Waals surface area contributed by atoms with Crippen LogP contribution in [0.15, 0.2) is 36.4 Å². The maximum atomic E-state index is 14.7. The van der Waals surface area contributed by atoms with Crippen molar-refractivity contribution in [1.29, 1.82) is 0 Å². The van der Waals surface area contributed by atoms with Crippen LogP contribution < -0.4 is 15.2 Å². The normalized spacial score (nSPS) is 13.5. The van der Waals surface area contributed by atoms with Crippen LogP contribution in [0.1, 0.15) is 80.8 Å². The maximum absolute atomic E-state index is 14.7. The molecule has 12 heteroatoms. The molecule has 0 radical (unpaired) electrons. The van der Waals surface area contributed by atoms with Gasteiger partial charge in [0.1, 0.15) is 22.7 Å². The molecule has 1 saturated heterocycles. The molecule has 2 aromatic carbocycles. The minimum absolute atomic E-state index is 0.000765. The summed E-state index contributed by atoms with van der Waals surface area (Å²) in [5, 5.41) is 1.04. The number of benzene rings is 2. The van der Waals surface area contributed by atoms with Gasteiger partial charge in [0.25, 0.3) is 11.8 Å². The number of aryl methyl sites for hydroxylation is 1. The van der Waals surface area contributed by atoms with Crippen LogP contribution in [-0.2, 0) is 9.53 Å². The SMILES string of the molecule is Cc1ccc(N(NC(=O)OC(C)(C)C)C(=O)c2c(C(=O)N3CCCC3)nc3cc(F)ccc3c2OC(=O)C(C)(C)C)c(Cl)c1. The Labute approximate surface area is 260 Å². The molecule has 0 spiro atoms. The van der Waals surface area contributed by atoms with Crippen molar-refractivity contribution in [1.82, 2.24) is 15.3 Å². The number of aromatic nitrogens is 1. The van der Waals surface area contributed by atoms with E-state index < -0.39 is 46.3 Å². The molecule has 0 saturated carbocycles. The zero-order chi connectivity index (χ0) is 32.6. The Bertz CT molecular complexity index is 1640. The Morgan fingerprint density at radius 3 is 2.25 bits per heavy atom. The van der Waals surface area contributed by atoms with E-state index in [0.717, 1.165) is 35.5 Å². The number of rotatable bonds is 4. The molecule has 2 heterocycles. The number of carbonyl (C=O) groups excluding carboxylic acids is 4. The number of halogens is 2. The number of anilines is 1. The molecular weight excluding hydrogens is 591 g/mol. The molecule has 1 fully saturated rings. The molecule has 0 unspecified atom stereocenters. The van der Waals surface area contributed by atoms with Gasteiger partial charge in [0, 0.05) is 24.5 Å². The number of hydrazine groups is 1. The molecule has 10 nitrogen and oxygen atoms in total. The molecule has 0 atom stereocenters. The zero-order valence-corrected chi connectivity index (χ0v) is 26.6. The third-order valence-corrected chi connectivity index (χ3v) is 6.97. The van der Waals surface area contributed by atoms with E-state index in [1.165, 1.54) is 17.0 Å². The maximum Gasteiger partial charge on any atom is 0.427 e. The standard InChI is InChI=1S/C32H36ClFN4O6/c1-18-10-13-23(21(33)16-18)38(36-30(42)44-32(5,6)7)27(39)24-25(28(40)37-14-8-9-15-37)35-22-17-19(34)11-12-20(22)26(24)43-29(41)31(2,3)4/h10-13,16-17H,8-9,14-15H2,1-7H3,(H,36,42). The first-order valence-electron chi connectivity index (χ1n) is 14.2. The van der Waals surface area contributed by atoms with Crippen LogP contribution in [-0.4, -0.2) is 52.5 Å². The Morgan fingerprint density at radius 1 is 1.00 bits per heavy atom. The van der Waals surface area contributed by atoms with Gasteiger partial charge in [-0.2, -0.15) is 0 Å². The second-order valence-electron chi connectivity index (χ2n) is 12.7. The fraction of sp³-hybridized carbons (Fsp3) is 0.406. The van der Waals surface area contributed by atoms with E-state index in [-0.39, 0.29) is 33.1 Å². The molecule has 234 valence electrons. The number of fused-ring (bicyclic) bond motifs is 1. The van der Waals surface area contributed by atoms with Crippen LogP contribution >= 0.6 is 11.6 Å². The number of amides is 3. The van der Waals surface area contributed by atoms with E-state index in [1.54, 1.807) is 60.6 Å². The number of likely N-dealkylation sites (tertiary alicyclic amines) is 1. The van der Waals surface area contributed by atoms with E-state index >= 15 is 0 Å². The number of ether oxygens (including phenoxy) is 2. The van der Waals surface area contributed by atoms with Crippen molar-refractivity contribution in [2.45, 2.75) is 66.9 Å². The van der Waals surface area contributed by atoms with Crippen molar-refractivity contribution in [3.8, 4) is 5.75 Å². The summed E-state index contributed by atoms with van der Waals surface area (Å²) in [7, 11) is 0. The minimum atomic E-state index is -1.02. The summed E-state index contributed by atoms with van der Waals surface area (Å²) in [6.07, 6.45) is 0.502. The number of nitrogens with zero attached hydrogens (tertiary/aromatic N) is 3. The number of esters is 1. The molecule has 3 aromatic rings. The van der Waals surface area contributed by atoms with Gasteiger partial charge in [-0.05, 0) is 91.1 Å². The van der Waals surface area contributed by atoms with E-state index in [0.29, 0.717) is 13.1 Å². The quantitative estimate of drug-likeness (QED) is 0.256. The molecule has 3 amide bonds. The Balaban J connectivity index is 2.02. The minimum Gasteiger partial charge on any atom is -0.443 e. The van der Waals surface area contributed by atoms with Crippen LogP contribution in [0.3, 0.4) is 0 Å². The average Bonchev–Trinajstić information content (AvgIpc) is 3.44. The Kier molecular flexibility index (Phi) is 9.20. The molecular formula is C32H36ClFN4O6. The number of hydrogen-bond donors (Lipinski definition) is 1. The van der Waals surface area contributed by atoms with Crippen molar-refractivity contribution < 1.29 is 33.0 Å². The lowest BCUT2D eigenvalue weighted by atomic mass is 9.97. The van der Waals surface area contributed by atoms with Gasteiger partial charge in [-0.25, -0.2) is 24.6 Å². The van der Waals surface area contributed by atoms with Crippen LogP contribution in [0, 0.1) is 18.2 Å². The third kappa shape index (κ3) is 7.27. The summed E-state index contributed by atoms with van der Waals surface area (Å²) < 4.78 is 25.7. The molecule has 44 heavy (non-hydrogen) atoms. The highest BCUT2D eigenvalue weighted by Crippen LogP contribution is 2.37. The fourth-order valence-electron chi connectivity index (χ4n) is 4.50. The molecule has 0 bridgehead atoms. The molecule has 4 rings (SSSR count). The highest BCUT2D eigenvalue weighted by atomic mass is 35.5. The van der Waals surface area contributed by atoms with Gasteiger partial charge in [0.05, 0.1) is 21.6 Å². The summed E-state index contributed by atoms with van der Waals surface area (Å²) in [5.41, 5.74) is 0.547. The van der Waals surface area contributed by atoms with Crippen LogP contribution in [0.4, 0.5) is 14.9 Å². The van der Waals surface area contributed by atoms with E-state index in [4.69, 9.17) is 21.1 Å². The molecule has 1 aromatic heterocycles. The predicted molar refractivity (Wildman–Crippen MR) is 164 cm³/mol. The highest BCUT2D eigenvalue weighted by molar-refractivity contribution is 6.34. The number of hydrogen-bond acceptors (Lipinski definition) is 7. The summed E-state index contributed by atoms with van der Waals surface area (Å²) in [5.74, 6) is -3.27. The topological polar surface area (TPSA) is 118 Å². The number of carbonyl (C=O) groups is 4. The van der Waals surface area contributed by atoms with Crippen molar-refractivity contribution in [3.05, 3.63) is 64.1 Å². The van der Waals surface area contributed by atoms with E-state index in [2.05, 4.69) is 10.4 Å². The van der Waals surface area contributed by atoms with Crippen LogP contribution in [0.25, 0.3) is 10.9 Å². The molecule has 1 aliphatic rings. The van der Waals surface area contributed by atoms with Gasteiger partial charge in [-0.15, -0.1) is 0 Å². The molecule has 0 aliphatic carbocycles. The summed E-state index contributed by atoms with van der Waals surface area (Å²) in [6.45, 7) is 12.5. The van der Waals surface area contributed by atoms with Gasteiger partial charge in [0.15, 0.2) is 5.75 Å². The van der Waals surface area contributed by atoms with E-state index in [9.17, 15) is 23.6 Å². The molecule has 1 aliphatic heterocycles. The highest BCUT2D eigenvalue weighted by Gasteiger charge is 2.37. The largest absolute Gasteiger partial charge is 0.443 e. The fourth-order valence-corrected chi connectivity index (χ4v) is 4.82. The summed E-state index contributed by atoms with van der Waals surface area (Å²) in [4.78, 5) is 60.9. The Hall–Kier alpha value is -4.25. The lowest BCUT2D eigenvalue weighted by molar-refractivity contribution is -0.142. The van der Waals surface area contributed by atoms with Gasteiger partial charge in [-0.3, -0.25) is 14.4 Å². The lowest BCUT2D eigenvalue weighted by Crippen LogP contribution is -2.49. The molecule has 1 N–H and O–H groups in total. The predicted octanol–water partition coefficient (Wildman–Crippen LogP) is 6.61. The summed E-state index contributed by atoms with van der Waals surface area (Å²) in [6, 6.07) is 8.31. The van der Waals surface area contributed by atoms with Crippen molar-refractivity contribution in [2.75, 3.05) is 18.1 Å². The first-order chi connectivity index (χ1) is 20.5. The van der Waals surface area contributed by atoms with Crippen molar-refractivity contribution in [2.24, 2.45) is 5.41 Å². The smallest absolute Gasteiger partial charge is 0.427 e. The number of pyridine rings is 1. The first-order valence-corrected chi connectivity index (χ1v) is 14.6. The van der Waals surface area contributed by atoms with E-state index in [1.807, 2.05) is 0 Å². The van der Waals surface area contributed by atoms with Crippen LogP contribution in [0.2, 0.25) is 5.02 Å². The second kappa shape index (κ2) is 12.4. The monoisotopic (exact) mass is 626 g/mol. The first kappa shape index (κ1) is 32.7. The van der Waals surface area contributed by atoms with Gasteiger partial charge >= 0.3 is 12.1 Å². The number of nitrogens with one attached hydrogen (secondary N) is 1. The van der Waals surface area contributed by atoms with Gasteiger partial charge in [0.2, 0.25) is 0 Å². The third-order valence-electron chi connectivity index (χ3n) is 6.67. The summed E-state index contributed by atoms with van der Waals surface area (Å²) >= 11 is 6.57. The second-order valence-corrected chi connectivity index (χ2v) is 13.1. The Morgan fingerprint density at radius 2 is 1.66 bits per heavy atom. The zero-order valence-electron chi connectivity index (χ0n) is 25.8. The lowest BCUT2D eigenvalue weighted by Gasteiger charge is -2.29. The van der Waals surface area contributed by atoms with Crippen molar-refractivity contribution in [3.63, 3.8) is 0 Å². The van der Waals surface area contributed by atoms with Crippen LogP contribution in [0.5, 0.6) is 5.75 Å². The average molecular weight is 627 g/mol.